The van der Waals surface area contributed by atoms with Crippen LogP contribution in [0.4, 0.5) is 0 Å². The SMILES string of the molecule is CCCC1=[C]([Zr+2][CH]2C(p3cccc3)=Cc3ccccc32)CC=C1.[Cl-].[Cl-]. The van der Waals surface area contributed by atoms with Crippen LogP contribution in [0.15, 0.2) is 69.0 Å². The first-order valence-electron chi connectivity index (χ1n) is 8.46. The van der Waals surface area contributed by atoms with Gasteiger partial charge in [-0.15, -0.1) is 0 Å². The van der Waals surface area contributed by atoms with Crippen molar-refractivity contribution in [2.75, 3.05) is 0 Å². The third-order valence-corrected chi connectivity index (χ3v) is 11.6. The molecule has 0 radical (unpaired) electrons. The van der Waals surface area contributed by atoms with Crippen LogP contribution in [-0.2, 0) is 23.2 Å². The maximum absolute atomic E-state index is 2.51. The molecule has 0 fully saturated rings. The maximum Gasteiger partial charge on any atom is -1.00 e. The predicted octanol–water partition coefficient (Wildman–Crippen LogP) is 0.831. The summed E-state index contributed by atoms with van der Waals surface area (Å²) in [6.07, 6.45) is 11.1. The Kier molecular flexibility index (Phi) is 8.03. The minimum atomic E-state index is -0.631. The van der Waals surface area contributed by atoms with Gasteiger partial charge in [0, 0.05) is 0 Å². The largest absolute Gasteiger partial charge is 1.00 e. The topological polar surface area (TPSA) is 0 Å². The molecule has 0 saturated heterocycles. The minimum absolute atomic E-state index is 0. The van der Waals surface area contributed by atoms with Crippen LogP contribution < -0.4 is 24.8 Å². The molecule has 0 spiro atoms. The Labute approximate surface area is 175 Å². The van der Waals surface area contributed by atoms with Gasteiger partial charge >= 0.3 is 152 Å². The van der Waals surface area contributed by atoms with Crippen LogP contribution in [0.2, 0.25) is 0 Å². The molecule has 0 amide bonds. The number of benzene rings is 1. The Hall–Kier alpha value is -0.317. The van der Waals surface area contributed by atoms with E-state index >= 15 is 0 Å². The summed E-state index contributed by atoms with van der Waals surface area (Å²) in [5.74, 6) is 4.85. The van der Waals surface area contributed by atoms with Gasteiger partial charge in [0.1, 0.15) is 0 Å². The quantitative estimate of drug-likeness (QED) is 0.613. The molecule has 128 valence electrons. The number of fused-ring (bicyclic) bond motifs is 1. The third-order valence-electron chi connectivity index (χ3n) is 4.68. The second-order valence-corrected chi connectivity index (χ2v) is 11.8. The summed E-state index contributed by atoms with van der Waals surface area (Å²) in [5, 5.41) is 1.72. The molecule has 2 aliphatic carbocycles. The fourth-order valence-corrected chi connectivity index (χ4v) is 10.8. The van der Waals surface area contributed by atoms with Crippen LogP contribution in [-0.4, -0.2) is 0 Å². The predicted molar refractivity (Wildman–Crippen MR) is 98.2 cm³/mol. The van der Waals surface area contributed by atoms with Crippen molar-refractivity contribution < 1.29 is 48.0 Å². The van der Waals surface area contributed by atoms with E-state index in [2.05, 4.69) is 73.1 Å². The zero-order valence-electron chi connectivity index (χ0n) is 14.3. The van der Waals surface area contributed by atoms with Gasteiger partial charge < -0.3 is 24.8 Å². The molecular weight excluding hydrogens is 445 g/mol. The normalized spacial score (nSPS) is 17.5. The summed E-state index contributed by atoms with van der Waals surface area (Å²) in [7, 11) is -0.175. The molecule has 2 aromatic rings. The maximum atomic E-state index is 2.51. The zero-order chi connectivity index (χ0) is 15.6. The second kappa shape index (κ2) is 9.57. The monoisotopic (exact) mass is 464 g/mol. The first-order valence-corrected chi connectivity index (χ1v) is 12.6. The fourth-order valence-electron chi connectivity index (χ4n) is 3.57. The van der Waals surface area contributed by atoms with Crippen molar-refractivity contribution in [2.45, 2.75) is 29.8 Å². The Bertz CT molecular complexity index is 803. The first-order chi connectivity index (χ1) is 11.4. The van der Waals surface area contributed by atoms with Gasteiger partial charge in [0.2, 0.25) is 0 Å². The first kappa shape index (κ1) is 21.0. The number of hydrogen-bond donors (Lipinski definition) is 0. The molecule has 0 N–H and O–H groups in total. The Morgan fingerprint density at radius 1 is 1.08 bits per heavy atom. The average Bonchev–Trinajstić information content (AvgIpc) is 3.29. The van der Waals surface area contributed by atoms with Crippen LogP contribution in [0.1, 0.15) is 40.9 Å². The summed E-state index contributed by atoms with van der Waals surface area (Å²) in [6, 6.07) is 13.6. The van der Waals surface area contributed by atoms with E-state index in [1.807, 2.05) is 3.28 Å². The van der Waals surface area contributed by atoms with Gasteiger partial charge in [-0.3, -0.25) is 0 Å². The number of halogens is 2. The van der Waals surface area contributed by atoms with Crippen molar-refractivity contribution in [3.63, 3.8) is 0 Å². The molecule has 4 rings (SSSR count). The van der Waals surface area contributed by atoms with Gasteiger partial charge in [-0.25, -0.2) is 0 Å². The van der Waals surface area contributed by atoms with Crippen molar-refractivity contribution in [1.82, 2.24) is 0 Å². The number of hydrogen-bond acceptors (Lipinski definition) is 0. The van der Waals surface area contributed by atoms with E-state index in [4.69, 9.17) is 0 Å². The molecule has 1 heterocycles. The Morgan fingerprint density at radius 3 is 2.60 bits per heavy atom. The summed E-state index contributed by atoms with van der Waals surface area (Å²) >= 11 is -0.631. The van der Waals surface area contributed by atoms with Crippen LogP contribution in [0.3, 0.4) is 0 Å². The van der Waals surface area contributed by atoms with E-state index in [0.29, 0.717) is 0 Å². The molecule has 0 nitrogen and oxygen atoms in total. The van der Waals surface area contributed by atoms with Gasteiger partial charge in [0.25, 0.3) is 0 Å². The smallest absolute Gasteiger partial charge is 1.00 e. The van der Waals surface area contributed by atoms with Crippen molar-refractivity contribution in [3.05, 3.63) is 80.1 Å². The van der Waals surface area contributed by atoms with Crippen molar-refractivity contribution in [3.8, 4) is 0 Å². The minimum Gasteiger partial charge on any atom is -1.00 e. The van der Waals surface area contributed by atoms with E-state index in [9.17, 15) is 0 Å². The Balaban J connectivity index is 0.00000113. The van der Waals surface area contributed by atoms with Crippen molar-refractivity contribution >= 4 is 18.9 Å². The summed E-state index contributed by atoms with van der Waals surface area (Å²) in [4.78, 5) is 0. The van der Waals surface area contributed by atoms with Crippen molar-refractivity contribution in [1.29, 1.82) is 0 Å². The molecule has 1 atom stereocenters. The van der Waals surface area contributed by atoms with E-state index in [1.165, 1.54) is 24.8 Å². The van der Waals surface area contributed by atoms with Gasteiger partial charge in [0.15, 0.2) is 0 Å². The van der Waals surface area contributed by atoms with Crippen LogP contribution in [0.25, 0.3) is 11.4 Å². The molecule has 25 heavy (non-hydrogen) atoms. The number of rotatable bonds is 5. The molecule has 1 aromatic carbocycles. The fraction of sp³-hybridized carbons (Fsp3) is 0.238. The molecular formula is C21H21Cl2PZr. The average molecular weight is 467 g/mol. The van der Waals surface area contributed by atoms with E-state index in [1.54, 1.807) is 16.5 Å². The van der Waals surface area contributed by atoms with Gasteiger partial charge in [-0.2, -0.15) is 0 Å². The molecule has 4 heteroatoms. The van der Waals surface area contributed by atoms with Gasteiger partial charge in [-0.1, -0.05) is 0 Å². The molecule has 0 aliphatic heterocycles. The third kappa shape index (κ3) is 4.33. The van der Waals surface area contributed by atoms with E-state index in [-0.39, 0.29) is 32.3 Å². The summed E-state index contributed by atoms with van der Waals surface area (Å²) < 4.78 is 2.58. The van der Waals surface area contributed by atoms with Gasteiger partial charge in [-0.05, 0) is 0 Å². The molecule has 0 saturated carbocycles. The molecule has 1 unspecified atom stereocenters. The standard InChI is InChI=1S/C13H10P.C8H11.2ClH.Zr/c1-2-6-12-10-13(9-11(12)5-1)14-7-3-4-8-14;1-2-5-8-6-3-4-7-8;;;/h1-10H;3,6H,2,4-5H2,1H3;2*1H;/q;;;;+2/p-2. The second-order valence-electron chi connectivity index (χ2n) is 6.23. The molecule has 2 aliphatic rings. The van der Waals surface area contributed by atoms with E-state index < -0.39 is 23.2 Å². The zero-order valence-corrected chi connectivity index (χ0v) is 19.1. The van der Waals surface area contributed by atoms with Crippen LogP contribution >= 0.6 is 7.53 Å². The summed E-state index contributed by atoms with van der Waals surface area (Å²) in [5.41, 5.74) is 4.77. The number of allylic oxidation sites excluding steroid dienone is 5. The van der Waals surface area contributed by atoms with Crippen LogP contribution in [0, 0.1) is 0 Å². The Morgan fingerprint density at radius 2 is 1.84 bits per heavy atom. The molecule has 1 aromatic heterocycles. The van der Waals surface area contributed by atoms with Crippen molar-refractivity contribution in [2.24, 2.45) is 0 Å². The van der Waals surface area contributed by atoms with E-state index in [0.717, 1.165) is 3.63 Å². The van der Waals surface area contributed by atoms with Gasteiger partial charge in [0.05, 0.1) is 0 Å². The van der Waals surface area contributed by atoms with Crippen LogP contribution in [0.5, 0.6) is 0 Å². The summed E-state index contributed by atoms with van der Waals surface area (Å²) in [6.45, 7) is 2.30. The molecule has 0 bridgehead atoms.